The first-order valence-electron chi connectivity index (χ1n) is 3.03. The van der Waals surface area contributed by atoms with Crippen molar-refractivity contribution >= 4 is 11.8 Å². The topological polar surface area (TPSA) is 80.4 Å². The largest absolute Gasteiger partial charge is 0.480 e. The molecule has 0 aromatic carbocycles. The summed E-state index contributed by atoms with van der Waals surface area (Å²) in [4.78, 5) is 21.2. The van der Waals surface area contributed by atoms with Gasteiger partial charge >= 0.3 is 5.97 Å². The van der Waals surface area contributed by atoms with Crippen LogP contribution >= 0.6 is 0 Å². The first-order valence-corrected chi connectivity index (χ1v) is 3.03. The van der Waals surface area contributed by atoms with Crippen molar-refractivity contribution in [3.63, 3.8) is 0 Å². The Balaban J connectivity index is 2.86. The van der Waals surface area contributed by atoms with E-state index in [9.17, 15) is 9.59 Å². The monoisotopic (exact) mass is 153 g/mol. The number of aliphatic carboxylic acids is 1. The summed E-state index contributed by atoms with van der Waals surface area (Å²) in [6, 6.07) is 0. The molecule has 0 bridgehead atoms. The summed E-state index contributed by atoms with van der Waals surface area (Å²) in [6.07, 6.45) is 3.82. The molecule has 1 atom stereocenters. The van der Waals surface area contributed by atoms with Crippen LogP contribution in [0.3, 0.4) is 0 Å². The minimum absolute atomic E-state index is 0.299. The van der Waals surface area contributed by atoms with Crippen LogP contribution in [0.2, 0.25) is 0 Å². The van der Waals surface area contributed by atoms with Crippen molar-refractivity contribution in [1.29, 1.82) is 0 Å². The Kier molecular flexibility index (Phi) is 1.76. The zero-order chi connectivity index (χ0) is 8.43. The molecule has 58 valence electrons. The van der Waals surface area contributed by atoms with E-state index in [4.69, 9.17) is 10.8 Å². The fourth-order valence-corrected chi connectivity index (χ4v) is 0.808. The van der Waals surface area contributed by atoms with Crippen molar-refractivity contribution in [3.05, 3.63) is 23.9 Å². The molecule has 0 aromatic rings. The van der Waals surface area contributed by atoms with Gasteiger partial charge in [-0.1, -0.05) is 6.08 Å². The molecule has 0 saturated carbocycles. The third-order valence-electron chi connectivity index (χ3n) is 1.36. The van der Waals surface area contributed by atoms with Gasteiger partial charge < -0.3 is 10.8 Å². The van der Waals surface area contributed by atoms with Crippen molar-refractivity contribution < 1.29 is 14.7 Å². The lowest BCUT2D eigenvalue weighted by Crippen LogP contribution is -2.23. The van der Waals surface area contributed by atoms with Crippen LogP contribution in [-0.4, -0.2) is 16.9 Å². The Bertz CT molecular complexity index is 265. The van der Waals surface area contributed by atoms with Crippen LogP contribution in [0.4, 0.5) is 0 Å². The summed E-state index contributed by atoms with van der Waals surface area (Å²) >= 11 is 0. The maximum Gasteiger partial charge on any atom is 0.318 e. The van der Waals surface area contributed by atoms with Gasteiger partial charge in [0.1, 0.15) is 5.92 Å². The van der Waals surface area contributed by atoms with Crippen LogP contribution in [0.1, 0.15) is 0 Å². The van der Waals surface area contributed by atoms with Gasteiger partial charge in [-0.05, 0) is 6.08 Å². The van der Waals surface area contributed by atoms with Gasteiger partial charge in [0.25, 0.3) is 0 Å². The van der Waals surface area contributed by atoms with Crippen LogP contribution in [0.15, 0.2) is 23.9 Å². The SMILES string of the molecule is NC1=CC(=O)C(C(=O)O)C=C1. The second kappa shape index (κ2) is 2.57. The molecule has 0 aliphatic heterocycles. The molecular formula is C7H7NO3. The summed E-state index contributed by atoms with van der Waals surface area (Å²) in [5.74, 6) is -2.67. The van der Waals surface area contributed by atoms with Crippen LogP contribution in [0.5, 0.6) is 0 Å². The average molecular weight is 153 g/mol. The molecule has 0 amide bonds. The number of hydrogen-bond donors (Lipinski definition) is 2. The second-order valence-corrected chi connectivity index (χ2v) is 2.22. The van der Waals surface area contributed by atoms with Crippen molar-refractivity contribution in [3.8, 4) is 0 Å². The number of carboxylic acid groups (broad SMARTS) is 1. The van der Waals surface area contributed by atoms with E-state index in [0.29, 0.717) is 5.70 Å². The van der Waals surface area contributed by atoms with Crippen molar-refractivity contribution in [1.82, 2.24) is 0 Å². The predicted molar refractivity (Wildman–Crippen MR) is 37.5 cm³/mol. The summed E-state index contributed by atoms with van der Waals surface area (Å²) in [6.45, 7) is 0. The van der Waals surface area contributed by atoms with E-state index in [0.717, 1.165) is 6.08 Å². The van der Waals surface area contributed by atoms with Crippen LogP contribution < -0.4 is 5.73 Å². The molecule has 3 N–H and O–H groups in total. The molecule has 0 saturated heterocycles. The van der Waals surface area contributed by atoms with Crippen molar-refractivity contribution in [2.75, 3.05) is 0 Å². The molecule has 0 radical (unpaired) electrons. The Morgan fingerprint density at radius 1 is 1.64 bits per heavy atom. The van der Waals surface area contributed by atoms with Gasteiger partial charge in [0.2, 0.25) is 0 Å². The van der Waals surface area contributed by atoms with Crippen LogP contribution in [0, 0.1) is 5.92 Å². The molecule has 1 unspecified atom stereocenters. The second-order valence-electron chi connectivity index (χ2n) is 2.22. The molecule has 4 heteroatoms. The number of allylic oxidation sites excluding steroid dienone is 2. The highest BCUT2D eigenvalue weighted by atomic mass is 16.4. The normalized spacial score (nSPS) is 23.1. The summed E-state index contributed by atoms with van der Waals surface area (Å²) in [5.41, 5.74) is 5.55. The highest BCUT2D eigenvalue weighted by molar-refractivity contribution is 6.07. The summed E-state index contributed by atoms with van der Waals surface area (Å²) in [7, 11) is 0. The average Bonchev–Trinajstić information content (AvgIpc) is 1.85. The number of ketones is 1. The zero-order valence-electron chi connectivity index (χ0n) is 5.65. The van der Waals surface area contributed by atoms with Gasteiger partial charge in [0.15, 0.2) is 5.78 Å². The molecule has 0 spiro atoms. The van der Waals surface area contributed by atoms with E-state index in [1.54, 1.807) is 0 Å². The van der Waals surface area contributed by atoms with E-state index in [1.165, 1.54) is 12.2 Å². The molecular weight excluding hydrogens is 146 g/mol. The van der Waals surface area contributed by atoms with Crippen molar-refractivity contribution in [2.45, 2.75) is 0 Å². The predicted octanol–water partition coefficient (Wildman–Crippen LogP) is -0.331. The first-order chi connectivity index (χ1) is 5.11. The number of rotatable bonds is 1. The number of hydrogen-bond acceptors (Lipinski definition) is 3. The minimum Gasteiger partial charge on any atom is -0.480 e. The van der Waals surface area contributed by atoms with Gasteiger partial charge in [-0.2, -0.15) is 0 Å². The molecule has 1 rings (SSSR count). The summed E-state index contributed by atoms with van der Waals surface area (Å²) in [5, 5.41) is 8.45. The maximum atomic E-state index is 10.9. The number of nitrogens with two attached hydrogens (primary N) is 1. The number of carboxylic acids is 1. The maximum absolute atomic E-state index is 10.9. The van der Waals surface area contributed by atoms with Crippen molar-refractivity contribution in [2.24, 2.45) is 11.7 Å². The van der Waals surface area contributed by atoms with Crippen LogP contribution in [0.25, 0.3) is 0 Å². The Hall–Kier alpha value is -1.58. The molecule has 0 heterocycles. The highest BCUT2D eigenvalue weighted by Crippen LogP contribution is 2.09. The smallest absolute Gasteiger partial charge is 0.318 e. The van der Waals surface area contributed by atoms with E-state index in [2.05, 4.69) is 0 Å². The van der Waals surface area contributed by atoms with Gasteiger partial charge in [-0.15, -0.1) is 0 Å². The van der Waals surface area contributed by atoms with Gasteiger partial charge in [-0.3, -0.25) is 9.59 Å². The van der Waals surface area contributed by atoms with Crippen LogP contribution in [-0.2, 0) is 9.59 Å². The fourth-order valence-electron chi connectivity index (χ4n) is 0.808. The van der Waals surface area contributed by atoms with E-state index < -0.39 is 17.7 Å². The lowest BCUT2D eigenvalue weighted by atomic mass is 9.98. The number of carbonyl (C=O) groups excluding carboxylic acids is 1. The highest BCUT2D eigenvalue weighted by Gasteiger charge is 2.23. The van der Waals surface area contributed by atoms with E-state index in [1.807, 2.05) is 0 Å². The zero-order valence-corrected chi connectivity index (χ0v) is 5.65. The minimum atomic E-state index is -1.14. The molecule has 4 nitrogen and oxygen atoms in total. The van der Waals surface area contributed by atoms with Gasteiger partial charge in [0, 0.05) is 11.8 Å². The molecule has 0 aromatic heterocycles. The lowest BCUT2D eigenvalue weighted by molar-refractivity contribution is -0.143. The van der Waals surface area contributed by atoms with Gasteiger partial charge in [-0.25, -0.2) is 0 Å². The molecule has 1 aliphatic carbocycles. The van der Waals surface area contributed by atoms with Gasteiger partial charge in [0.05, 0.1) is 0 Å². The standard InChI is InChI=1S/C7H7NO3/c8-4-1-2-5(7(10)11)6(9)3-4/h1-3,5H,8H2,(H,10,11). The van der Waals surface area contributed by atoms with E-state index >= 15 is 0 Å². The third-order valence-corrected chi connectivity index (χ3v) is 1.36. The first kappa shape index (κ1) is 7.53. The fraction of sp³-hybridized carbons (Fsp3) is 0.143. The Morgan fingerprint density at radius 3 is 2.73 bits per heavy atom. The quantitative estimate of drug-likeness (QED) is 0.505. The third kappa shape index (κ3) is 1.46. The summed E-state index contributed by atoms with van der Waals surface area (Å²) < 4.78 is 0. The molecule has 0 fully saturated rings. The molecule has 11 heavy (non-hydrogen) atoms. The Morgan fingerprint density at radius 2 is 2.27 bits per heavy atom. The lowest BCUT2D eigenvalue weighted by Gasteiger charge is -2.07. The van der Waals surface area contributed by atoms with E-state index in [-0.39, 0.29) is 0 Å². The Labute approximate surface area is 63.0 Å². The molecule has 1 aliphatic rings. The number of carbonyl (C=O) groups is 2.